The highest BCUT2D eigenvalue weighted by Gasteiger charge is 2.29. The van der Waals surface area contributed by atoms with Crippen molar-refractivity contribution in [1.82, 2.24) is 15.3 Å². The lowest BCUT2D eigenvalue weighted by Crippen LogP contribution is -2.45. The second-order valence-electron chi connectivity index (χ2n) is 7.87. The van der Waals surface area contributed by atoms with Gasteiger partial charge in [0.2, 0.25) is 11.9 Å². The molecule has 2 N–H and O–H groups in total. The van der Waals surface area contributed by atoms with Crippen LogP contribution in [0.5, 0.6) is 5.75 Å². The summed E-state index contributed by atoms with van der Waals surface area (Å²) in [7, 11) is 1.65. The van der Waals surface area contributed by atoms with E-state index in [1.165, 1.54) is 12.8 Å². The van der Waals surface area contributed by atoms with Crippen molar-refractivity contribution < 1.29 is 9.53 Å². The second-order valence-corrected chi connectivity index (χ2v) is 7.87. The summed E-state index contributed by atoms with van der Waals surface area (Å²) in [5, 5.41) is 6.55. The zero-order valence-electron chi connectivity index (χ0n) is 16.9. The van der Waals surface area contributed by atoms with Gasteiger partial charge in [0, 0.05) is 31.0 Å². The minimum absolute atomic E-state index is 0.00570. The van der Waals surface area contributed by atoms with Crippen LogP contribution in [0.25, 0.3) is 0 Å². The number of carbonyl (C=O) groups is 1. The molecule has 1 saturated carbocycles. The molecule has 1 aliphatic carbocycles. The number of carbonyl (C=O) groups excluding carboxylic acids is 1. The molecule has 2 aromatic rings. The summed E-state index contributed by atoms with van der Waals surface area (Å²) in [6.07, 6.45) is 8.35. The summed E-state index contributed by atoms with van der Waals surface area (Å²) >= 11 is 0. The number of ether oxygens (including phenoxy) is 1. The van der Waals surface area contributed by atoms with Gasteiger partial charge in [0.1, 0.15) is 11.6 Å². The molecular formula is C22H29N5O2. The van der Waals surface area contributed by atoms with E-state index >= 15 is 0 Å². The summed E-state index contributed by atoms with van der Waals surface area (Å²) in [4.78, 5) is 23.9. The number of piperidine rings is 1. The maximum atomic E-state index is 12.7. The number of hydrogen-bond donors (Lipinski definition) is 2. The smallest absolute Gasteiger partial charge is 0.227 e. The number of nitrogens with zero attached hydrogens (tertiary/aromatic N) is 3. The minimum atomic E-state index is 0.00570. The zero-order valence-corrected chi connectivity index (χ0v) is 16.9. The van der Waals surface area contributed by atoms with Gasteiger partial charge < -0.3 is 20.3 Å². The van der Waals surface area contributed by atoms with Crippen LogP contribution in [0, 0.1) is 5.92 Å². The topological polar surface area (TPSA) is 79.4 Å². The molecule has 2 aliphatic rings. The molecule has 0 radical (unpaired) electrons. The number of hydrogen-bond acceptors (Lipinski definition) is 6. The Hall–Kier alpha value is -2.83. The first-order chi connectivity index (χ1) is 14.2. The molecule has 1 saturated heterocycles. The van der Waals surface area contributed by atoms with Gasteiger partial charge in [-0.05, 0) is 56.0 Å². The first-order valence-corrected chi connectivity index (χ1v) is 10.5. The van der Waals surface area contributed by atoms with Crippen molar-refractivity contribution in [3.8, 4) is 5.75 Å². The van der Waals surface area contributed by atoms with Crippen molar-refractivity contribution in [2.45, 2.75) is 44.6 Å². The number of benzene rings is 1. The van der Waals surface area contributed by atoms with Crippen molar-refractivity contribution in [2.75, 3.05) is 30.4 Å². The van der Waals surface area contributed by atoms with E-state index in [4.69, 9.17) is 4.74 Å². The molecule has 7 nitrogen and oxygen atoms in total. The predicted molar refractivity (Wildman–Crippen MR) is 114 cm³/mol. The quantitative estimate of drug-likeness (QED) is 0.779. The number of amides is 1. The second kappa shape index (κ2) is 9.11. The van der Waals surface area contributed by atoms with Crippen molar-refractivity contribution in [3.05, 3.63) is 36.5 Å². The van der Waals surface area contributed by atoms with E-state index in [2.05, 4.69) is 25.5 Å². The Morgan fingerprint density at radius 2 is 1.90 bits per heavy atom. The van der Waals surface area contributed by atoms with Crippen LogP contribution in [0.4, 0.5) is 17.5 Å². The fourth-order valence-corrected chi connectivity index (χ4v) is 4.15. The minimum Gasteiger partial charge on any atom is -0.497 e. The van der Waals surface area contributed by atoms with Crippen LogP contribution in [-0.4, -0.2) is 42.1 Å². The Morgan fingerprint density at radius 3 is 2.66 bits per heavy atom. The van der Waals surface area contributed by atoms with Crippen LogP contribution in [0.3, 0.4) is 0 Å². The Bertz CT molecular complexity index is 820. The predicted octanol–water partition coefficient (Wildman–Crippen LogP) is 3.50. The Balaban J connectivity index is 1.39. The Labute approximate surface area is 171 Å². The molecular weight excluding hydrogens is 366 g/mol. The van der Waals surface area contributed by atoms with Crippen LogP contribution in [0.1, 0.15) is 38.5 Å². The maximum absolute atomic E-state index is 12.7. The average molecular weight is 396 g/mol. The number of anilines is 3. The molecule has 7 heteroatoms. The highest BCUT2D eigenvalue weighted by atomic mass is 16.5. The van der Waals surface area contributed by atoms with Gasteiger partial charge in [-0.1, -0.05) is 12.8 Å². The maximum Gasteiger partial charge on any atom is 0.227 e. The molecule has 154 valence electrons. The van der Waals surface area contributed by atoms with Gasteiger partial charge in [-0.2, -0.15) is 4.98 Å². The van der Waals surface area contributed by atoms with E-state index in [9.17, 15) is 4.79 Å². The zero-order chi connectivity index (χ0) is 20.1. The number of rotatable bonds is 6. The molecule has 1 aromatic carbocycles. The molecule has 2 heterocycles. The molecule has 0 bridgehead atoms. The van der Waals surface area contributed by atoms with Crippen LogP contribution in [0.2, 0.25) is 0 Å². The normalized spacial score (nSPS) is 19.8. The van der Waals surface area contributed by atoms with Crippen molar-refractivity contribution in [3.63, 3.8) is 0 Å². The van der Waals surface area contributed by atoms with Crippen LogP contribution in [-0.2, 0) is 4.79 Å². The van der Waals surface area contributed by atoms with Gasteiger partial charge in [-0.25, -0.2) is 4.98 Å². The van der Waals surface area contributed by atoms with Gasteiger partial charge >= 0.3 is 0 Å². The van der Waals surface area contributed by atoms with E-state index in [0.717, 1.165) is 49.5 Å². The molecule has 1 atom stereocenters. The lowest BCUT2D eigenvalue weighted by Gasteiger charge is -2.32. The largest absolute Gasteiger partial charge is 0.497 e. The highest BCUT2D eigenvalue weighted by molar-refractivity contribution is 5.79. The first-order valence-electron chi connectivity index (χ1n) is 10.5. The molecule has 0 spiro atoms. The lowest BCUT2D eigenvalue weighted by molar-refractivity contribution is -0.125. The van der Waals surface area contributed by atoms with Gasteiger partial charge in [-0.3, -0.25) is 4.79 Å². The Morgan fingerprint density at radius 1 is 1.10 bits per heavy atom. The third-order valence-corrected chi connectivity index (χ3v) is 5.78. The fraction of sp³-hybridized carbons (Fsp3) is 0.500. The summed E-state index contributed by atoms with van der Waals surface area (Å²) < 4.78 is 5.20. The highest BCUT2D eigenvalue weighted by Crippen LogP contribution is 2.24. The third kappa shape index (κ3) is 4.96. The number of methoxy groups -OCH3 is 1. The molecule has 1 aliphatic heterocycles. The monoisotopic (exact) mass is 395 g/mol. The summed E-state index contributed by atoms with van der Waals surface area (Å²) in [6, 6.07) is 9.93. The van der Waals surface area contributed by atoms with Crippen LogP contribution in [0.15, 0.2) is 36.5 Å². The van der Waals surface area contributed by atoms with Gasteiger partial charge in [0.25, 0.3) is 0 Å². The van der Waals surface area contributed by atoms with E-state index in [1.807, 2.05) is 30.3 Å². The molecule has 1 aromatic heterocycles. The van der Waals surface area contributed by atoms with Crippen molar-refractivity contribution >= 4 is 23.4 Å². The molecule has 4 rings (SSSR count). The Kier molecular flexibility index (Phi) is 6.12. The molecule has 1 amide bonds. The average Bonchev–Trinajstić information content (AvgIpc) is 3.28. The van der Waals surface area contributed by atoms with Gasteiger partial charge in [0.15, 0.2) is 0 Å². The molecule has 1 unspecified atom stereocenters. The van der Waals surface area contributed by atoms with Gasteiger partial charge in [0.05, 0.1) is 13.0 Å². The number of nitrogens with one attached hydrogen (secondary N) is 2. The first kappa shape index (κ1) is 19.5. The van der Waals surface area contributed by atoms with Crippen molar-refractivity contribution in [2.24, 2.45) is 5.92 Å². The van der Waals surface area contributed by atoms with E-state index in [1.54, 1.807) is 13.3 Å². The molecule has 2 fully saturated rings. The van der Waals surface area contributed by atoms with Crippen LogP contribution < -0.4 is 20.3 Å². The summed E-state index contributed by atoms with van der Waals surface area (Å²) in [6.45, 7) is 1.55. The summed E-state index contributed by atoms with van der Waals surface area (Å²) in [5.74, 6) is 2.41. The SMILES string of the molecule is COc1ccc(Nc2ccnc(N3CCCC(C(=O)NC4CCCC4)C3)n2)cc1. The third-order valence-electron chi connectivity index (χ3n) is 5.78. The van der Waals surface area contributed by atoms with Crippen LogP contribution >= 0.6 is 0 Å². The lowest BCUT2D eigenvalue weighted by atomic mass is 9.97. The van der Waals surface area contributed by atoms with Crippen molar-refractivity contribution in [1.29, 1.82) is 0 Å². The standard InChI is InChI=1S/C22H29N5O2/c1-29-19-10-8-18(9-11-19)24-20-12-13-23-22(26-20)27-14-4-5-16(15-27)21(28)25-17-6-2-3-7-17/h8-13,16-17H,2-7,14-15H2,1H3,(H,25,28)(H,23,24,26). The number of aromatic nitrogens is 2. The van der Waals surface area contributed by atoms with E-state index in [0.29, 0.717) is 18.5 Å². The van der Waals surface area contributed by atoms with Gasteiger partial charge in [-0.15, -0.1) is 0 Å². The van der Waals surface area contributed by atoms with E-state index in [-0.39, 0.29) is 11.8 Å². The summed E-state index contributed by atoms with van der Waals surface area (Å²) in [5.41, 5.74) is 0.933. The molecule has 29 heavy (non-hydrogen) atoms. The van der Waals surface area contributed by atoms with E-state index < -0.39 is 0 Å². The fourth-order valence-electron chi connectivity index (χ4n) is 4.15.